The van der Waals surface area contributed by atoms with Crippen molar-refractivity contribution < 1.29 is 4.74 Å². The second kappa shape index (κ2) is 6.67. The number of nitrogens with zero attached hydrogens (tertiary/aromatic N) is 3. The van der Waals surface area contributed by atoms with Crippen LogP contribution in [0, 0.1) is 0 Å². The van der Waals surface area contributed by atoms with Crippen molar-refractivity contribution in [2.24, 2.45) is 0 Å². The van der Waals surface area contributed by atoms with E-state index in [1.54, 1.807) is 13.3 Å². The van der Waals surface area contributed by atoms with E-state index in [-0.39, 0.29) is 6.04 Å². The van der Waals surface area contributed by atoms with Gasteiger partial charge in [-0.25, -0.2) is 0 Å². The van der Waals surface area contributed by atoms with Crippen LogP contribution in [-0.2, 0) is 4.74 Å². The molecule has 0 aliphatic heterocycles. The van der Waals surface area contributed by atoms with Crippen LogP contribution >= 0.6 is 11.5 Å². The first-order valence-corrected chi connectivity index (χ1v) is 7.37. The molecule has 0 radical (unpaired) electrons. The number of likely N-dealkylation sites (N-methyl/N-ethyl adjacent to an activating group) is 1. The number of ether oxygens (including phenoxy) is 1. The maximum Gasteiger partial charge on any atom is 0.147 e. The number of anilines is 2. The largest absolute Gasteiger partial charge is 0.383 e. The number of aromatic nitrogens is 2. The monoisotopic (exact) mass is 292 g/mol. The van der Waals surface area contributed by atoms with Crippen LogP contribution in [0.2, 0.25) is 0 Å². The van der Waals surface area contributed by atoms with Crippen LogP contribution in [0.1, 0.15) is 13.8 Å². The zero-order chi connectivity index (χ0) is 14.5. The van der Waals surface area contributed by atoms with E-state index in [1.807, 2.05) is 18.3 Å². The van der Waals surface area contributed by atoms with Gasteiger partial charge in [0.1, 0.15) is 10.8 Å². The van der Waals surface area contributed by atoms with E-state index in [0.29, 0.717) is 12.4 Å². The zero-order valence-corrected chi connectivity index (χ0v) is 12.9. The molecule has 6 heteroatoms. The summed E-state index contributed by atoms with van der Waals surface area (Å²) in [5, 5.41) is 1.07. The quantitative estimate of drug-likeness (QED) is 0.886. The molecule has 0 aliphatic carbocycles. The van der Waals surface area contributed by atoms with Gasteiger partial charge in [-0.2, -0.15) is 4.37 Å². The summed E-state index contributed by atoms with van der Waals surface area (Å²) in [6, 6.07) is 4.18. The Morgan fingerprint density at radius 2 is 2.30 bits per heavy atom. The SMILES string of the molecule is CCN(c1snc(N)c1-c1cccnc1)C(C)COC. The van der Waals surface area contributed by atoms with E-state index in [4.69, 9.17) is 10.5 Å². The van der Waals surface area contributed by atoms with Gasteiger partial charge in [0.25, 0.3) is 0 Å². The van der Waals surface area contributed by atoms with E-state index in [1.165, 1.54) is 11.5 Å². The van der Waals surface area contributed by atoms with Crippen molar-refractivity contribution >= 4 is 22.4 Å². The summed E-state index contributed by atoms with van der Waals surface area (Å²) in [4.78, 5) is 6.43. The van der Waals surface area contributed by atoms with Gasteiger partial charge in [0, 0.05) is 31.6 Å². The number of hydrogen-bond donors (Lipinski definition) is 1. The van der Waals surface area contributed by atoms with Crippen molar-refractivity contribution in [2.75, 3.05) is 30.9 Å². The Morgan fingerprint density at radius 3 is 2.90 bits per heavy atom. The Bertz CT molecular complexity index is 543. The molecule has 2 aromatic rings. The van der Waals surface area contributed by atoms with Gasteiger partial charge in [0.05, 0.1) is 18.2 Å². The zero-order valence-electron chi connectivity index (χ0n) is 12.0. The summed E-state index contributed by atoms with van der Waals surface area (Å²) in [7, 11) is 1.72. The molecule has 0 saturated heterocycles. The molecule has 0 amide bonds. The topological polar surface area (TPSA) is 64.3 Å². The van der Waals surface area contributed by atoms with Crippen LogP contribution < -0.4 is 10.6 Å². The Balaban J connectivity index is 2.42. The Kier molecular flexibility index (Phi) is 4.92. The number of methoxy groups -OCH3 is 1. The second-order valence-electron chi connectivity index (χ2n) is 4.58. The third-order valence-corrected chi connectivity index (χ3v) is 4.09. The van der Waals surface area contributed by atoms with Gasteiger partial charge in [-0.3, -0.25) is 4.98 Å². The van der Waals surface area contributed by atoms with Crippen molar-refractivity contribution in [3.63, 3.8) is 0 Å². The fourth-order valence-electron chi connectivity index (χ4n) is 2.26. The highest BCUT2D eigenvalue weighted by molar-refractivity contribution is 7.11. The molecule has 0 bridgehead atoms. The minimum absolute atomic E-state index is 0.264. The molecule has 0 aliphatic rings. The van der Waals surface area contributed by atoms with E-state index in [9.17, 15) is 0 Å². The Morgan fingerprint density at radius 1 is 1.50 bits per heavy atom. The molecular formula is C14H20N4OS. The molecule has 108 valence electrons. The van der Waals surface area contributed by atoms with E-state index >= 15 is 0 Å². The molecule has 0 fully saturated rings. The first-order valence-electron chi connectivity index (χ1n) is 6.60. The molecule has 20 heavy (non-hydrogen) atoms. The summed E-state index contributed by atoms with van der Waals surface area (Å²) < 4.78 is 9.57. The van der Waals surface area contributed by atoms with Crippen LogP contribution in [0.25, 0.3) is 11.1 Å². The lowest BCUT2D eigenvalue weighted by molar-refractivity contribution is 0.182. The van der Waals surface area contributed by atoms with Gasteiger partial charge in [0.2, 0.25) is 0 Å². The van der Waals surface area contributed by atoms with Gasteiger partial charge < -0.3 is 15.4 Å². The number of nitrogens with two attached hydrogens (primary N) is 1. The maximum absolute atomic E-state index is 6.05. The first kappa shape index (κ1) is 14.7. The molecule has 0 aromatic carbocycles. The Labute approximate surface area is 123 Å². The molecule has 2 rings (SSSR count). The third kappa shape index (κ3) is 2.91. The predicted molar refractivity (Wildman–Crippen MR) is 84.1 cm³/mol. The van der Waals surface area contributed by atoms with E-state index in [0.717, 1.165) is 22.7 Å². The molecule has 0 spiro atoms. The first-order chi connectivity index (χ1) is 9.69. The fraction of sp³-hybridized carbons (Fsp3) is 0.429. The summed E-state index contributed by atoms with van der Waals surface area (Å²) in [5.74, 6) is 0.557. The highest BCUT2D eigenvalue weighted by Crippen LogP contribution is 2.39. The van der Waals surface area contributed by atoms with Crippen molar-refractivity contribution in [2.45, 2.75) is 19.9 Å². The molecule has 2 N–H and O–H groups in total. The minimum Gasteiger partial charge on any atom is -0.383 e. The normalized spacial score (nSPS) is 12.3. The summed E-state index contributed by atoms with van der Waals surface area (Å²) in [5.41, 5.74) is 8.02. The number of rotatable bonds is 6. The highest BCUT2D eigenvalue weighted by Gasteiger charge is 2.22. The summed E-state index contributed by atoms with van der Waals surface area (Å²) >= 11 is 1.43. The summed E-state index contributed by atoms with van der Waals surface area (Å²) in [6.07, 6.45) is 3.57. The van der Waals surface area contributed by atoms with Gasteiger partial charge in [0.15, 0.2) is 0 Å². The summed E-state index contributed by atoms with van der Waals surface area (Å²) in [6.45, 7) is 5.79. The molecule has 0 saturated carbocycles. The molecule has 2 heterocycles. The lowest BCUT2D eigenvalue weighted by atomic mass is 10.1. The van der Waals surface area contributed by atoms with Gasteiger partial charge in [-0.1, -0.05) is 6.07 Å². The highest BCUT2D eigenvalue weighted by atomic mass is 32.1. The van der Waals surface area contributed by atoms with Crippen LogP contribution in [0.15, 0.2) is 24.5 Å². The lowest BCUT2D eigenvalue weighted by Gasteiger charge is -2.28. The molecule has 5 nitrogen and oxygen atoms in total. The molecule has 1 unspecified atom stereocenters. The van der Waals surface area contributed by atoms with Crippen molar-refractivity contribution in [1.82, 2.24) is 9.36 Å². The Hall–Kier alpha value is -1.66. The van der Waals surface area contributed by atoms with E-state index in [2.05, 4.69) is 28.1 Å². The van der Waals surface area contributed by atoms with Crippen molar-refractivity contribution in [3.05, 3.63) is 24.5 Å². The number of pyridine rings is 1. The number of nitrogen functional groups attached to an aromatic ring is 1. The third-order valence-electron chi connectivity index (χ3n) is 3.19. The number of hydrogen-bond acceptors (Lipinski definition) is 6. The van der Waals surface area contributed by atoms with Gasteiger partial charge >= 0.3 is 0 Å². The van der Waals surface area contributed by atoms with Crippen LogP contribution in [0.3, 0.4) is 0 Å². The average Bonchev–Trinajstić information content (AvgIpc) is 2.83. The standard InChI is InChI=1S/C14H20N4OS/c1-4-18(10(2)9-19-3)14-12(13(15)17-20-14)11-6-5-7-16-8-11/h5-8,10H,4,9H2,1-3H3,(H2,15,17). The molecule has 1 atom stereocenters. The average molecular weight is 292 g/mol. The minimum atomic E-state index is 0.264. The van der Waals surface area contributed by atoms with Crippen LogP contribution in [0.4, 0.5) is 10.8 Å². The van der Waals surface area contributed by atoms with Crippen molar-refractivity contribution in [1.29, 1.82) is 0 Å². The predicted octanol–water partition coefficient (Wildman–Crippen LogP) is 2.65. The lowest BCUT2D eigenvalue weighted by Crippen LogP contribution is -2.35. The fourth-order valence-corrected chi connectivity index (χ4v) is 3.26. The molecule has 2 aromatic heterocycles. The second-order valence-corrected chi connectivity index (χ2v) is 5.33. The van der Waals surface area contributed by atoms with Crippen LogP contribution in [-0.4, -0.2) is 35.7 Å². The van der Waals surface area contributed by atoms with Crippen molar-refractivity contribution in [3.8, 4) is 11.1 Å². The van der Waals surface area contributed by atoms with Gasteiger partial charge in [-0.05, 0) is 31.4 Å². The van der Waals surface area contributed by atoms with Crippen LogP contribution in [0.5, 0.6) is 0 Å². The smallest absolute Gasteiger partial charge is 0.147 e. The van der Waals surface area contributed by atoms with E-state index < -0.39 is 0 Å². The van der Waals surface area contributed by atoms with Gasteiger partial charge in [-0.15, -0.1) is 0 Å². The maximum atomic E-state index is 6.05. The molecular weight excluding hydrogens is 272 g/mol.